The fraction of sp³-hybridized carbons (Fsp3) is 0.471. The molecule has 1 N–H and O–H groups in total. The molecular weight excluding hydrogens is 352 g/mol. The van der Waals surface area contributed by atoms with Gasteiger partial charge >= 0.3 is 0 Å². The molecule has 0 amide bonds. The van der Waals surface area contributed by atoms with E-state index in [0.717, 1.165) is 18.5 Å². The second kappa shape index (κ2) is 7.65. The smallest absolute Gasteiger partial charge is 0.281 e. The van der Waals surface area contributed by atoms with Crippen LogP contribution in [0.1, 0.15) is 30.3 Å². The zero-order valence-electron chi connectivity index (χ0n) is 15.3. The summed E-state index contributed by atoms with van der Waals surface area (Å²) in [4.78, 5) is 13.4. The van der Waals surface area contributed by atoms with Crippen molar-refractivity contribution >= 4 is 21.8 Å². The molecule has 0 bridgehead atoms. The molecule has 1 aliphatic rings. The summed E-state index contributed by atoms with van der Waals surface area (Å²) in [6, 6.07) is 7.47. The molecule has 1 saturated heterocycles. The van der Waals surface area contributed by atoms with E-state index in [4.69, 9.17) is 0 Å². The fourth-order valence-electron chi connectivity index (χ4n) is 3.00. The van der Waals surface area contributed by atoms with Crippen molar-refractivity contribution < 1.29 is 8.42 Å². The lowest BCUT2D eigenvalue weighted by Gasteiger charge is -2.32. The first-order chi connectivity index (χ1) is 12.4. The molecule has 0 radical (unpaired) electrons. The van der Waals surface area contributed by atoms with E-state index in [2.05, 4.69) is 20.3 Å². The van der Waals surface area contributed by atoms with Crippen LogP contribution in [0.5, 0.6) is 0 Å². The van der Waals surface area contributed by atoms with Crippen LogP contribution in [0, 0.1) is 6.92 Å². The third kappa shape index (κ3) is 4.17. The summed E-state index contributed by atoms with van der Waals surface area (Å²) in [5.74, 6) is 2.01. The van der Waals surface area contributed by atoms with Gasteiger partial charge in [0.05, 0.1) is 0 Å². The molecule has 1 atom stereocenters. The zero-order chi connectivity index (χ0) is 18.7. The fourth-order valence-corrected chi connectivity index (χ4v) is 4.19. The molecule has 1 fully saturated rings. The minimum Gasteiger partial charge on any atom is -0.325 e. The average molecular weight is 376 g/mol. The van der Waals surface area contributed by atoms with E-state index in [1.807, 2.05) is 31.2 Å². The third-order valence-corrected chi connectivity index (χ3v) is 6.24. The Morgan fingerprint density at radius 2 is 2.04 bits per heavy atom. The highest BCUT2D eigenvalue weighted by atomic mass is 32.2. The second-order valence-electron chi connectivity index (χ2n) is 6.58. The maximum absolute atomic E-state index is 12.4. The van der Waals surface area contributed by atoms with Crippen LogP contribution in [0.2, 0.25) is 0 Å². The van der Waals surface area contributed by atoms with Gasteiger partial charge in [-0.15, -0.1) is 0 Å². The molecule has 1 unspecified atom stereocenters. The van der Waals surface area contributed by atoms with Crippen LogP contribution in [0.25, 0.3) is 0 Å². The van der Waals surface area contributed by atoms with Gasteiger partial charge in [-0.05, 0) is 31.9 Å². The van der Waals surface area contributed by atoms with Crippen LogP contribution >= 0.6 is 0 Å². The highest BCUT2D eigenvalue weighted by Crippen LogP contribution is 2.28. The van der Waals surface area contributed by atoms with Crippen molar-refractivity contribution in [1.29, 1.82) is 0 Å². The summed E-state index contributed by atoms with van der Waals surface area (Å²) in [6.07, 6.45) is 3.37. The number of anilines is 2. The van der Waals surface area contributed by atoms with Gasteiger partial charge < -0.3 is 5.32 Å². The standard InChI is InChI=1S/C17H24N6O2S/c1-13-11-16(20-15-8-4-5-9-18-15)21-17(19-13)14-7-6-10-23(12-14)26(24,25)22(2)3/h4-5,8-9,11,14H,6-7,10,12H2,1-3H3,(H,18,19,20,21). The molecule has 3 rings (SSSR count). The van der Waals surface area contributed by atoms with Crippen LogP contribution in [0.15, 0.2) is 30.5 Å². The first kappa shape index (κ1) is 18.7. The average Bonchev–Trinajstić information content (AvgIpc) is 2.62. The Hall–Kier alpha value is -2.10. The predicted molar refractivity (Wildman–Crippen MR) is 100 cm³/mol. The van der Waals surface area contributed by atoms with Gasteiger partial charge in [-0.25, -0.2) is 15.0 Å². The Bertz CT molecular complexity index is 857. The van der Waals surface area contributed by atoms with Crippen LogP contribution in [-0.2, 0) is 10.2 Å². The molecule has 3 heterocycles. The maximum Gasteiger partial charge on any atom is 0.281 e. The van der Waals surface area contributed by atoms with Crippen LogP contribution in [-0.4, -0.2) is 59.2 Å². The van der Waals surface area contributed by atoms with E-state index >= 15 is 0 Å². The minimum atomic E-state index is -3.42. The van der Waals surface area contributed by atoms with Crippen LogP contribution in [0.3, 0.4) is 0 Å². The van der Waals surface area contributed by atoms with Gasteiger partial charge in [-0.3, -0.25) is 0 Å². The van der Waals surface area contributed by atoms with Crippen molar-refractivity contribution in [1.82, 2.24) is 23.6 Å². The normalized spacial score (nSPS) is 18.8. The lowest BCUT2D eigenvalue weighted by Crippen LogP contribution is -2.45. The number of hydrogen-bond acceptors (Lipinski definition) is 6. The van der Waals surface area contributed by atoms with E-state index in [1.165, 1.54) is 8.61 Å². The summed E-state index contributed by atoms with van der Waals surface area (Å²) >= 11 is 0. The Morgan fingerprint density at radius 3 is 2.73 bits per heavy atom. The first-order valence-electron chi connectivity index (χ1n) is 8.57. The second-order valence-corrected chi connectivity index (χ2v) is 8.72. The zero-order valence-corrected chi connectivity index (χ0v) is 16.1. The number of piperidine rings is 1. The Kier molecular flexibility index (Phi) is 5.49. The van der Waals surface area contributed by atoms with Crippen molar-refractivity contribution in [2.75, 3.05) is 32.5 Å². The van der Waals surface area contributed by atoms with Gasteiger partial charge in [0.1, 0.15) is 17.5 Å². The molecule has 2 aromatic heterocycles. The van der Waals surface area contributed by atoms with Gasteiger partial charge in [0.2, 0.25) is 0 Å². The van der Waals surface area contributed by atoms with Gasteiger partial charge in [0, 0.05) is 51.1 Å². The third-order valence-electron chi connectivity index (χ3n) is 4.33. The summed E-state index contributed by atoms with van der Waals surface area (Å²) in [6.45, 7) is 2.83. The van der Waals surface area contributed by atoms with Gasteiger partial charge in [0.15, 0.2) is 0 Å². The van der Waals surface area contributed by atoms with Crippen molar-refractivity contribution in [2.24, 2.45) is 0 Å². The number of pyridine rings is 1. The number of rotatable bonds is 5. The molecule has 1 aliphatic heterocycles. The molecule has 0 saturated carbocycles. The molecule has 26 heavy (non-hydrogen) atoms. The quantitative estimate of drug-likeness (QED) is 0.857. The van der Waals surface area contributed by atoms with Crippen molar-refractivity contribution in [3.63, 3.8) is 0 Å². The summed E-state index contributed by atoms with van der Waals surface area (Å²) < 4.78 is 27.6. The van der Waals surface area contributed by atoms with Gasteiger partial charge in [-0.2, -0.15) is 17.0 Å². The predicted octanol–water partition coefficient (Wildman–Crippen LogP) is 1.91. The van der Waals surface area contributed by atoms with Gasteiger partial charge in [0.25, 0.3) is 10.2 Å². The molecule has 140 valence electrons. The highest BCUT2D eigenvalue weighted by molar-refractivity contribution is 7.86. The molecule has 0 spiro atoms. The summed E-state index contributed by atoms with van der Waals surface area (Å²) in [5.41, 5.74) is 0.834. The lowest BCUT2D eigenvalue weighted by atomic mass is 9.99. The van der Waals surface area contributed by atoms with E-state index in [0.29, 0.717) is 30.5 Å². The number of hydrogen-bond donors (Lipinski definition) is 1. The van der Waals surface area contributed by atoms with E-state index < -0.39 is 10.2 Å². The number of nitrogens with zero attached hydrogens (tertiary/aromatic N) is 5. The highest BCUT2D eigenvalue weighted by Gasteiger charge is 2.32. The summed E-state index contributed by atoms with van der Waals surface area (Å²) in [7, 11) is -0.319. The van der Waals surface area contributed by atoms with E-state index in [-0.39, 0.29) is 5.92 Å². The number of nitrogens with one attached hydrogen (secondary N) is 1. The molecule has 8 nitrogen and oxygen atoms in total. The monoisotopic (exact) mass is 376 g/mol. The number of aromatic nitrogens is 3. The minimum absolute atomic E-state index is 0.0253. The largest absolute Gasteiger partial charge is 0.325 e. The molecule has 0 aromatic carbocycles. The van der Waals surface area contributed by atoms with E-state index in [9.17, 15) is 8.42 Å². The molecule has 0 aliphatic carbocycles. The topological polar surface area (TPSA) is 91.3 Å². The van der Waals surface area contributed by atoms with Crippen LogP contribution in [0.4, 0.5) is 11.6 Å². The van der Waals surface area contributed by atoms with E-state index in [1.54, 1.807) is 20.3 Å². The number of aryl methyl sites for hydroxylation is 1. The Balaban J connectivity index is 1.82. The molecule has 2 aromatic rings. The SMILES string of the molecule is Cc1cc(Nc2ccccn2)nc(C2CCCN(S(=O)(=O)N(C)C)C2)n1. The lowest BCUT2D eigenvalue weighted by molar-refractivity contribution is 0.293. The molecule has 9 heteroatoms. The first-order valence-corrected chi connectivity index (χ1v) is 9.97. The Morgan fingerprint density at radius 1 is 1.23 bits per heavy atom. The van der Waals surface area contributed by atoms with Gasteiger partial charge in [-0.1, -0.05) is 6.07 Å². The van der Waals surface area contributed by atoms with Crippen LogP contribution < -0.4 is 5.32 Å². The van der Waals surface area contributed by atoms with Crippen molar-refractivity contribution in [3.8, 4) is 0 Å². The van der Waals surface area contributed by atoms with Crippen molar-refractivity contribution in [2.45, 2.75) is 25.7 Å². The van der Waals surface area contributed by atoms with Crippen molar-refractivity contribution in [3.05, 3.63) is 42.0 Å². The Labute approximate surface area is 154 Å². The molecular formula is C17H24N6O2S. The summed E-state index contributed by atoms with van der Waals surface area (Å²) in [5, 5.41) is 3.18. The maximum atomic E-state index is 12.4.